The average Bonchev–Trinajstić information content (AvgIpc) is 3.80. The molecule has 0 radical (unpaired) electrons. The number of nitrogens with one attached hydrogen (secondary N) is 2. The van der Waals surface area contributed by atoms with Crippen LogP contribution in [0.3, 0.4) is 0 Å². The largest absolute Gasteiger partial charge is 0.394 e. The summed E-state index contributed by atoms with van der Waals surface area (Å²) in [5.41, 5.74) is 6.03. The van der Waals surface area contributed by atoms with Gasteiger partial charge in [0.2, 0.25) is 11.8 Å². The number of carbonyl (C=O) groups excluding carboxylic acids is 2. The Labute approximate surface area is 245 Å². The zero-order chi connectivity index (χ0) is 30.9. The number of fused-ring (bicyclic) bond motifs is 1. The molecule has 4 N–H and O–H groups in total. The summed E-state index contributed by atoms with van der Waals surface area (Å²) in [7, 11) is 0. The van der Waals surface area contributed by atoms with Gasteiger partial charge in [-0.1, -0.05) is 6.07 Å². The molecule has 3 aromatic rings. The zero-order valence-corrected chi connectivity index (χ0v) is 24.0. The Morgan fingerprint density at radius 2 is 1.86 bits per heavy atom. The lowest BCUT2D eigenvalue weighted by atomic mass is 9.79. The maximum absolute atomic E-state index is 14.1. The minimum Gasteiger partial charge on any atom is -0.364 e. The summed E-state index contributed by atoms with van der Waals surface area (Å²) in [6, 6.07) is 6.33. The average molecular weight is 607 g/mol. The lowest BCUT2D eigenvalue weighted by molar-refractivity contribution is -0.189. The molecule has 3 aliphatic carbocycles. The Bertz CT molecular complexity index is 1540. The number of aromatic nitrogens is 4. The first kappa shape index (κ1) is 29.6. The van der Waals surface area contributed by atoms with Crippen molar-refractivity contribution in [1.82, 2.24) is 25.1 Å². The molecule has 0 spiro atoms. The Morgan fingerprint density at radius 1 is 1.16 bits per heavy atom. The first-order chi connectivity index (χ1) is 20.1. The molecule has 43 heavy (non-hydrogen) atoms. The van der Waals surface area contributed by atoms with Gasteiger partial charge in [0.1, 0.15) is 11.5 Å². The van der Waals surface area contributed by atoms with Crippen LogP contribution >= 0.6 is 0 Å². The van der Waals surface area contributed by atoms with Crippen LogP contribution in [0.5, 0.6) is 0 Å². The third-order valence-corrected chi connectivity index (χ3v) is 9.18. The Kier molecular flexibility index (Phi) is 7.08. The van der Waals surface area contributed by atoms with Crippen molar-refractivity contribution < 1.29 is 31.5 Å². The van der Waals surface area contributed by atoms with Gasteiger partial charge < -0.3 is 16.0 Å². The molecule has 6 rings (SSSR count). The minimum atomic E-state index is -4.40. The molecule has 2 heterocycles. The summed E-state index contributed by atoms with van der Waals surface area (Å²) < 4.78 is 70.2. The van der Waals surface area contributed by atoms with Gasteiger partial charge in [-0.2, -0.15) is 18.3 Å². The maximum atomic E-state index is 14.1. The van der Waals surface area contributed by atoms with Crippen LogP contribution in [-0.4, -0.2) is 43.7 Å². The van der Waals surface area contributed by atoms with Gasteiger partial charge >= 0.3 is 6.18 Å². The van der Waals surface area contributed by atoms with Crippen molar-refractivity contribution in [3.63, 3.8) is 0 Å². The number of imidazole rings is 1. The Morgan fingerprint density at radius 3 is 2.40 bits per heavy atom. The van der Waals surface area contributed by atoms with Gasteiger partial charge in [-0.05, 0) is 81.5 Å². The molecule has 0 unspecified atom stereocenters. The third-order valence-electron chi connectivity index (χ3n) is 9.18. The molecule has 2 atom stereocenters. The number of primary amides is 1. The number of aromatic amines is 1. The summed E-state index contributed by atoms with van der Waals surface area (Å²) in [6.07, 6.45) is -3.33. The van der Waals surface area contributed by atoms with Crippen molar-refractivity contribution in [2.45, 2.75) is 95.3 Å². The predicted octanol–water partition coefficient (Wildman–Crippen LogP) is 6.31. The quantitative estimate of drug-likeness (QED) is 0.222. The molecule has 3 aliphatic rings. The van der Waals surface area contributed by atoms with Crippen LogP contribution in [0.25, 0.3) is 11.0 Å². The number of benzene rings is 1. The number of hydrogen-bond donors (Lipinski definition) is 3. The fraction of sp³-hybridized carbons (Fsp3) is 0.600. The van der Waals surface area contributed by atoms with Gasteiger partial charge in [-0.3, -0.25) is 14.3 Å². The van der Waals surface area contributed by atoms with Crippen molar-refractivity contribution >= 4 is 22.8 Å². The lowest BCUT2D eigenvalue weighted by Gasteiger charge is -2.34. The van der Waals surface area contributed by atoms with Crippen molar-refractivity contribution in [3.8, 4) is 0 Å². The Balaban J connectivity index is 1.30. The monoisotopic (exact) mass is 606 g/mol. The van der Waals surface area contributed by atoms with E-state index >= 15 is 0 Å². The van der Waals surface area contributed by atoms with Crippen LogP contribution in [0.1, 0.15) is 111 Å². The normalized spacial score (nSPS) is 21.0. The molecule has 0 saturated heterocycles. The smallest absolute Gasteiger partial charge is 0.364 e. The van der Waals surface area contributed by atoms with E-state index in [1.165, 1.54) is 10.7 Å². The standard InChI is InChI=1S/C30H35F5N6O2/c1-15(2)41-23(26(36)43)11-21(40-41)19(14-28(7-8-28)30(33,34)35)27-37-20-6-5-18(10-22(20)38-27)25(17-3-4-17)39-24(42)9-16-12-29(31,32)13-16/h5-6,10-11,15-17,19,25H,3-4,7-9,12-14H2,1-2H3,(H2,36,43)(H,37,38)(H,39,42)/t19-,25+/m0/s1. The highest BCUT2D eigenvalue weighted by Gasteiger charge is 2.64. The van der Waals surface area contributed by atoms with E-state index in [1.54, 1.807) is 19.9 Å². The maximum Gasteiger partial charge on any atom is 0.394 e. The number of carbonyl (C=O) groups is 2. The highest BCUT2D eigenvalue weighted by Crippen LogP contribution is 2.62. The van der Waals surface area contributed by atoms with Crippen LogP contribution < -0.4 is 11.1 Å². The van der Waals surface area contributed by atoms with E-state index in [2.05, 4.69) is 20.4 Å². The zero-order valence-electron chi connectivity index (χ0n) is 24.0. The summed E-state index contributed by atoms with van der Waals surface area (Å²) >= 11 is 0. The van der Waals surface area contributed by atoms with Gasteiger partial charge in [0.05, 0.1) is 34.1 Å². The molecule has 2 aromatic heterocycles. The number of amides is 2. The van der Waals surface area contributed by atoms with Crippen LogP contribution in [0.4, 0.5) is 22.0 Å². The number of halogens is 5. The summed E-state index contributed by atoms with van der Waals surface area (Å²) in [5.74, 6) is -4.37. The number of nitrogens with two attached hydrogens (primary N) is 1. The van der Waals surface area contributed by atoms with Crippen molar-refractivity contribution in [2.75, 3.05) is 0 Å². The molecular formula is C30H35F5N6O2. The van der Waals surface area contributed by atoms with E-state index in [-0.39, 0.29) is 79.7 Å². The number of H-pyrrole nitrogens is 1. The molecular weight excluding hydrogens is 571 g/mol. The Hall–Kier alpha value is -3.51. The van der Waals surface area contributed by atoms with Crippen LogP contribution in [0, 0.1) is 17.3 Å². The summed E-state index contributed by atoms with van der Waals surface area (Å²) in [5, 5.41) is 7.55. The first-order valence-corrected chi connectivity index (χ1v) is 14.8. The molecule has 8 nitrogen and oxygen atoms in total. The minimum absolute atomic E-state index is 0.00616. The van der Waals surface area contributed by atoms with Crippen LogP contribution in [-0.2, 0) is 4.79 Å². The van der Waals surface area contributed by atoms with Crippen molar-refractivity contribution in [2.24, 2.45) is 23.0 Å². The predicted molar refractivity (Wildman–Crippen MR) is 147 cm³/mol. The number of nitrogens with zero attached hydrogens (tertiary/aromatic N) is 3. The molecule has 0 bridgehead atoms. The van der Waals surface area contributed by atoms with E-state index in [9.17, 15) is 31.5 Å². The van der Waals surface area contributed by atoms with E-state index in [0.717, 1.165) is 18.4 Å². The fourth-order valence-corrected chi connectivity index (χ4v) is 6.38. The van der Waals surface area contributed by atoms with Gasteiger partial charge in [0, 0.05) is 25.3 Å². The van der Waals surface area contributed by atoms with Gasteiger partial charge in [0.25, 0.3) is 5.91 Å². The topological polar surface area (TPSA) is 119 Å². The van der Waals surface area contributed by atoms with Gasteiger partial charge in [-0.15, -0.1) is 0 Å². The SMILES string of the molecule is CC(C)n1nc([C@H](CC2(C(F)(F)F)CC2)c2nc3ccc([C@H](NC(=O)CC4CC(F)(F)C4)C4CC4)cc3[nH]2)cc1C(N)=O. The van der Waals surface area contributed by atoms with E-state index in [0.29, 0.717) is 16.9 Å². The molecule has 3 fully saturated rings. The molecule has 0 aliphatic heterocycles. The van der Waals surface area contributed by atoms with E-state index in [4.69, 9.17) is 5.73 Å². The van der Waals surface area contributed by atoms with Gasteiger partial charge in [0.15, 0.2) is 0 Å². The molecule has 2 amide bonds. The first-order valence-electron chi connectivity index (χ1n) is 14.8. The van der Waals surface area contributed by atoms with Crippen molar-refractivity contribution in [3.05, 3.63) is 47.0 Å². The third kappa shape index (κ3) is 5.86. The van der Waals surface area contributed by atoms with Crippen molar-refractivity contribution in [1.29, 1.82) is 0 Å². The summed E-state index contributed by atoms with van der Waals surface area (Å²) in [4.78, 5) is 32.7. The molecule has 13 heteroatoms. The van der Waals surface area contributed by atoms with Crippen LogP contribution in [0.2, 0.25) is 0 Å². The highest BCUT2D eigenvalue weighted by atomic mass is 19.4. The van der Waals surface area contributed by atoms with Crippen LogP contribution in [0.15, 0.2) is 24.3 Å². The second-order valence-electron chi connectivity index (χ2n) is 13.0. The molecule has 232 valence electrons. The lowest BCUT2D eigenvalue weighted by Crippen LogP contribution is -2.39. The number of hydrogen-bond acceptors (Lipinski definition) is 4. The second kappa shape index (κ2) is 10.3. The fourth-order valence-electron chi connectivity index (χ4n) is 6.38. The van der Waals surface area contributed by atoms with Gasteiger partial charge in [-0.25, -0.2) is 13.8 Å². The van der Waals surface area contributed by atoms with E-state index < -0.39 is 29.3 Å². The molecule has 3 saturated carbocycles. The van der Waals surface area contributed by atoms with E-state index in [1.807, 2.05) is 12.1 Å². The second-order valence-corrected chi connectivity index (χ2v) is 13.0. The number of rotatable bonds is 11. The summed E-state index contributed by atoms with van der Waals surface area (Å²) in [6.45, 7) is 3.60. The highest BCUT2D eigenvalue weighted by molar-refractivity contribution is 5.91. The number of alkyl halides is 5. The molecule has 1 aromatic carbocycles.